The second-order valence-electron chi connectivity index (χ2n) is 5.54. The second kappa shape index (κ2) is 31.3. The molecule has 0 spiro atoms. The summed E-state index contributed by atoms with van der Waals surface area (Å²) in [6.07, 6.45) is 1.84. The Morgan fingerprint density at radius 1 is 0.286 bits per heavy atom. The summed E-state index contributed by atoms with van der Waals surface area (Å²) in [5, 5.41) is 0. The normalized spacial score (nSPS) is 10.7. The number of ether oxygens (including phenoxy) is 6. The van der Waals surface area contributed by atoms with Crippen molar-refractivity contribution >= 4 is 0 Å². The fraction of sp³-hybridized carbons (Fsp3) is 1.00. The van der Waals surface area contributed by atoms with Gasteiger partial charge in [-0.2, -0.15) is 0 Å². The van der Waals surface area contributed by atoms with E-state index in [0.717, 1.165) is 26.1 Å². The van der Waals surface area contributed by atoms with Gasteiger partial charge in [-0.25, -0.2) is 0 Å². The van der Waals surface area contributed by atoms with E-state index >= 15 is 0 Å². The van der Waals surface area contributed by atoms with Gasteiger partial charge in [-0.1, -0.05) is 0 Å². The highest BCUT2D eigenvalue weighted by molar-refractivity contribution is 4.38. The van der Waals surface area contributed by atoms with E-state index in [1.54, 1.807) is 0 Å². The minimum absolute atomic E-state index is 0.548. The fourth-order valence-corrected chi connectivity index (χ4v) is 1.62. The van der Waals surface area contributed by atoms with Gasteiger partial charge in [0, 0.05) is 26.3 Å². The van der Waals surface area contributed by atoms with Crippen molar-refractivity contribution in [1.29, 1.82) is 0 Å². The molecule has 0 saturated carbocycles. The summed E-state index contributed by atoms with van der Waals surface area (Å²) in [5.41, 5.74) is 21.1. The molecule has 172 valence electrons. The quantitative estimate of drug-likeness (QED) is 0.157. The highest BCUT2D eigenvalue weighted by Gasteiger charge is 1.91. The van der Waals surface area contributed by atoms with E-state index < -0.39 is 0 Å². The summed E-state index contributed by atoms with van der Waals surface area (Å²) in [4.78, 5) is 0. The summed E-state index contributed by atoms with van der Waals surface area (Å²) in [5.74, 6) is 0. The van der Waals surface area contributed by atoms with Gasteiger partial charge in [0.2, 0.25) is 0 Å². The van der Waals surface area contributed by atoms with Crippen LogP contribution in [0.4, 0.5) is 0 Å². The second-order valence-corrected chi connectivity index (χ2v) is 5.54. The van der Waals surface area contributed by atoms with Crippen molar-refractivity contribution in [1.82, 2.24) is 0 Å². The molecule has 0 amide bonds. The number of hydrogen-bond acceptors (Lipinski definition) is 10. The Morgan fingerprint density at radius 3 is 0.786 bits per heavy atom. The molecule has 0 aliphatic heterocycles. The molecule has 0 bridgehead atoms. The summed E-state index contributed by atoms with van der Waals surface area (Å²) in [7, 11) is 0. The first kappa shape index (κ1) is 29.8. The van der Waals surface area contributed by atoms with Crippen molar-refractivity contribution < 1.29 is 28.4 Å². The summed E-state index contributed by atoms with van der Waals surface area (Å²) >= 11 is 0. The maximum atomic E-state index is 5.28. The first-order valence-corrected chi connectivity index (χ1v) is 10.1. The van der Waals surface area contributed by atoms with Gasteiger partial charge in [0.05, 0.1) is 66.1 Å². The molecular formula is C18H44N4O6. The zero-order chi connectivity index (χ0) is 21.0. The van der Waals surface area contributed by atoms with Crippen LogP contribution in [0.15, 0.2) is 0 Å². The fourth-order valence-electron chi connectivity index (χ4n) is 1.62. The first-order valence-electron chi connectivity index (χ1n) is 10.1. The minimum Gasteiger partial charge on any atom is -0.379 e. The van der Waals surface area contributed by atoms with Crippen LogP contribution in [0.5, 0.6) is 0 Å². The van der Waals surface area contributed by atoms with Crippen LogP contribution in [-0.2, 0) is 28.4 Å². The number of hydrogen-bond donors (Lipinski definition) is 4. The van der Waals surface area contributed by atoms with Gasteiger partial charge in [0.1, 0.15) is 0 Å². The molecule has 0 rings (SSSR count). The Kier molecular flexibility index (Phi) is 33.3. The van der Waals surface area contributed by atoms with E-state index in [4.69, 9.17) is 51.4 Å². The molecular weight excluding hydrogens is 368 g/mol. The van der Waals surface area contributed by atoms with E-state index in [-0.39, 0.29) is 0 Å². The lowest BCUT2D eigenvalue weighted by Gasteiger charge is -2.06. The predicted molar refractivity (Wildman–Crippen MR) is 110 cm³/mol. The van der Waals surface area contributed by atoms with Crippen LogP contribution in [0.3, 0.4) is 0 Å². The molecule has 0 aromatic heterocycles. The van der Waals surface area contributed by atoms with Crippen molar-refractivity contribution in [2.75, 3.05) is 105 Å². The van der Waals surface area contributed by atoms with Crippen LogP contribution in [0.25, 0.3) is 0 Å². The van der Waals surface area contributed by atoms with Crippen LogP contribution >= 0.6 is 0 Å². The van der Waals surface area contributed by atoms with Gasteiger partial charge in [-0.3, -0.25) is 0 Å². The van der Waals surface area contributed by atoms with Crippen LogP contribution in [0.1, 0.15) is 12.8 Å². The standard InChI is InChI=1S/C10H24N2O4.C8H20N2O2/c11-1-3-13-5-7-15-9-10-16-8-6-14-4-2-12;9-3-1-5-11-7-8-12-6-2-4-10/h1-12H2;1-10H2. The average Bonchev–Trinajstić information content (AvgIpc) is 2.71. The lowest BCUT2D eigenvalue weighted by Crippen LogP contribution is -2.15. The number of rotatable bonds is 22. The van der Waals surface area contributed by atoms with E-state index in [1.807, 2.05) is 0 Å². The zero-order valence-corrected chi connectivity index (χ0v) is 17.5. The SMILES string of the molecule is NCCCOCCOCCCN.NCCOCCOCCOCCOCCN. The molecule has 0 unspecified atom stereocenters. The smallest absolute Gasteiger partial charge is 0.0701 e. The van der Waals surface area contributed by atoms with E-state index in [2.05, 4.69) is 0 Å². The molecule has 8 N–H and O–H groups in total. The molecule has 0 radical (unpaired) electrons. The van der Waals surface area contributed by atoms with Crippen molar-refractivity contribution in [2.45, 2.75) is 12.8 Å². The molecule has 28 heavy (non-hydrogen) atoms. The molecule has 0 heterocycles. The molecule has 0 aliphatic rings. The molecule has 0 atom stereocenters. The molecule has 0 aromatic carbocycles. The Morgan fingerprint density at radius 2 is 0.536 bits per heavy atom. The summed E-state index contributed by atoms with van der Waals surface area (Å²) in [6, 6.07) is 0. The van der Waals surface area contributed by atoms with Gasteiger partial charge in [-0.15, -0.1) is 0 Å². The maximum Gasteiger partial charge on any atom is 0.0701 e. The molecule has 0 saturated heterocycles. The lowest BCUT2D eigenvalue weighted by atomic mass is 10.5. The summed E-state index contributed by atoms with van der Waals surface area (Å²) < 4.78 is 31.2. The highest BCUT2D eigenvalue weighted by Crippen LogP contribution is 1.83. The third-order valence-corrected chi connectivity index (χ3v) is 3.00. The monoisotopic (exact) mass is 412 g/mol. The topological polar surface area (TPSA) is 159 Å². The van der Waals surface area contributed by atoms with Gasteiger partial charge < -0.3 is 51.4 Å². The van der Waals surface area contributed by atoms with Crippen molar-refractivity contribution in [2.24, 2.45) is 22.9 Å². The molecule has 0 aromatic rings. The number of nitrogens with two attached hydrogens (primary N) is 4. The van der Waals surface area contributed by atoms with Crippen LogP contribution < -0.4 is 22.9 Å². The maximum absolute atomic E-state index is 5.28. The predicted octanol–water partition coefficient (Wildman–Crippen LogP) is -1.31. The Labute approximate surface area is 170 Å². The third kappa shape index (κ3) is 33.2. The van der Waals surface area contributed by atoms with E-state index in [1.165, 1.54) is 0 Å². The third-order valence-electron chi connectivity index (χ3n) is 3.00. The Bertz CT molecular complexity index is 232. The zero-order valence-electron chi connectivity index (χ0n) is 17.5. The van der Waals surface area contributed by atoms with Gasteiger partial charge in [0.15, 0.2) is 0 Å². The summed E-state index contributed by atoms with van der Waals surface area (Å²) in [6.45, 7) is 9.87. The largest absolute Gasteiger partial charge is 0.379 e. The van der Waals surface area contributed by atoms with Crippen molar-refractivity contribution in [3.8, 4) is 0 Å². The molecule has 10 heteroatoms. The van der Waals surface area contributed by atoms with Gasteiger partial charge in [-0.05, 0) is 25.9 Å². The van der Waals surface area contributed by atoms with E-state index in [9.17, 15) is 0 Å². The van der Waals surface area contributed by atoms with Crippen LogP contribution in [0, 0.1) is 0 Å². The average molecular weight is 413 g/mol. The highest BCUT2D eigenvalue weighted by atomic mass is 16.6. The Balaban J connectivity index is 0. The minimum atomic E-state index is 0.548. The molecule has 0 fully saturated rings. The van der Waals surface area contributed by atoms with Crippen LogP contribution in [0.2, 0.25) is 0 Å². The van der Waals surface area contributed by atoms with Crippen molar-refractivity contribution in [3.63, 3.8) is 0 Å². The van der Waals surface area contributed by atoms with E-state index in [0.29, 0.717) is 92.2 Å². The lowest BCUT2D eigenvalue weighted by molar-refractivity contribution is -0.000153. The molecule has 0 aliphatic carbocycles. The van der Waals surface area contributed by atoms with Gasteiger partial charge in [0.25, 0.3) is 0 Å². The van der Waals surface area contributed by atoms with Gasteiger partial charge >= 0.3 is 0 Å². The molecule has 10 nitrogen and oxygen atoms in total. The Hall–Kier alpha value is -0.400. The van der Waals surface area contributed by atoms with Crippen LogP contribution in [-0.4, -0.2) is 105 Å². The first-order chi connectivity index (χ1) is 13.8. The van der Waals surface area contributed by atoms with Crippen molar-refractivity contribution in [3.05, 3.63) is 0 Å².